The highest BCUT2D eigenvalue weighted by Crippen LogP contribution is 2.35. The standard InChI is InChI=1S/C14H27N3.HI/c1-3-4-9-16-14(15-2)17-10-12-7-5-6-8-13(12)11-17;/h12-13H,3-11H2,1-2H3,(H,15,16);1H. The molecule has 106 valence electrons. The predicted molar refractivity (Wildman–Crippen MR) is 88.7 cm³/mol. The van der Waals surface area contributed by atoms with Gasteiger partial charge in [-0.25, -0.2) is 0 Å². The van der Waals surface area contributed by atoms with Crippen molar-refractivity contribution in [2.45, 2.75) is 45.4 Å². The van der Waals surface area contributed by atoms with Crippen molar-refractivity contribution in [3.05, 3.63) is 0 Å². The Morgan fingerprint density at radius 3 is 2.33 bits per heavy atom. The van der Waals surface area contributed by atoms with E-state index in [1.54, 1.807) is 0 Å². The van der Waals surface area contributed by atoms with E-state index < -0.39 is 0 Å². The zero-order valence-corrected chi connectivity index (χ0v) is 14.2. The molecule has 1 heterocycles. The van der Waals surface area contributed by atoms with Gasteiger partial charge in [-0.3, -0.25) is 4.99 Å². The molecule has 0 amide bonds. The smallest absolute Gasteiger partial charge is 0.193 e. The first-order valence-corrected chi connectivity index (χ1v) is 7.30. The molecule has 3 nitrogen and oxygen atoms in total. The molecule has 4 heteroatoms. The molecule has 0 aromatic heterocycles. The summed E-state index contributed by atoms with van der Waals surface area (Å²) >= 11 is 0. The average Bonchev–Trinajstić information content (AvgIpc) is 2.78. The minimum Gasteiger partial charge on any atom is -0.356 e. The lowest BCUT2D eigenvalue weighted by Gasteiger charge is -2.22. The monoisotopic (exact) mass is 365 g/mol. The van der Waals surface area contributed by atoms with E-state index in [9.17, 15) is 0 Å². The Labute approximate surface area is 129 Å². The third kappa shape index (κ3) is 4.00. The molecule has 1 saturated heterocycles. The van der Waals surface area contributed by atoms with E-state index >= 15 is 0 Å². The maximum atomic E-state index is 4.43. The number of likely N-dealkylation sites (tertiary alicyclic amines) is 1. The van der Waals surface area contributed by atoms with Crippen molar-refractivity contribution in [1.82, 2.24) is 10.2 Å². The van der Waals surface area contributed by atoms with Crippen LogP contribution in [0.1, 0.15) is 45.4 Å². The molecular formula is C14H28IN3. The number of halogens is 1. The number of guanidine groups is 1. The van der Waals surface area contributed by atoms with Crippen molar-refractivity contribution in [3.8, 4) is 0 Å². The van der Waals surface area contributed by atoms with Crippen molar-refractivity contribution in [2.75, 3.05) is 26.7 Å². The van der Waals surface area contributed by atoms with E-state index in [-0.39, 0.29) is 24.0 Å². The maximum absolute atomic E-state index is 4.43. The van der Waals surface area contributed by atoms with E-state index in [2.05, 4.69) is 22.1 Å². The van der Waals surface area contributed by atoms with Crippen molar-refractivity contribution < 1.29 is 0 Å². The number of rotatable bonds is 3. The van der Waals surface area contributed by atoms with E-state index in [0.717, 1.165) is 24.3 Å². The van der Waals surface area contributed by atoms with E-state index in [4.69, 9.17) is 0 Å². The zero-order chi connectivity index (χ0) is 12.1. The number of fused-ring (bicyclic) bond motifs is 1. The lowest BCUT2D eigenvalue weighted by molar-refractivity contribution is 0.299. The summed E-state index contributed by atoms with van der Waals surface area (Å²) < 4.78 is 0. The van der Waals surface area contributed by atoms with Crippen LogP contribution in [-0.2, 0) is 0 Å². The Hall–Kier alpha value is 0. The van der Waals surface area contributed by atoms with Gasteiger partial charge in [0.15, 0.2) is 5.96 Å². The molecule has 1 saturated carbocycles. The van der Waals surface area contributed by atoms with Gasteiger partial charge in [-0.05, 0) is 31.1 Å². The van der Waals surface area contributed by atoms with Crippen molar-refractivity contribution >= 4 is 29.9 Å². The number of aliphatic imine (C=N–C) groups is 1. The van der Waals surface area contributed by atoms with Gasteiger partial charge < -0.3 is 10.2 Å². The van der Waals surface area contributed by atoms with Crippen LogP contribution in [0.5, 0.6) is 0 Å². The quantitative estimate of drug-likeness (QED) is 0.360. The highest BCUT2D eigenvalue weighted by Gasteiger charge is 2.35. The minimum absolute atomic E-state index is 0. The summed E-state index contributed by atoms with van der Waals surface area (Å²) in [4.78, 5) is 6.91. The van der Waals surface area contributed by atoms with Gasteiger partial charge in [0.1, 0.15) is 0 Å². The molecule has 2 fully saturated rings. The van der Waals surface area contributed by atoms with Crippen LogP contribution < -0.4 is 5.32 Å². The molecule has 0 bridgehead atoms. The second-order valence-corrected chi connectivity index (χ2v) is 5.54. The van der Waals surface area contributed by atoms with Crippen LogP contribution >= 0.6 is 24.0 Å². The number of nitrogens with zero attached hydrogens (tertiary/aromatic N) is 2. The summed E-state index contributed by atoms with van der Waals surface area (Å²) in [6.45, 7) is 5.76. The molecule has 18 heavy (non-hydrogen) atoms. The second-order valence-electron chi connectivity index (χ2n) is 5.54. The van der Waals surface area contributed by atoms with Gasteiger partial charge in [0, 0.05) is 26.7 Å². The van der Waals surface area contributed by atoms with Crippen LogP contribution in [0.2, 0.25) is 0 Å². The first-order valence-electron chi connectivity index (χ1n) is 7.30. The topological polar surface area (TPSA) is 27.6 Å². The third-order valence-corrected chi connectivity index (χ3v) is 4.30. The SMILES string of the molecule is CCCCNC(=NC)N1CC2CCCCC2C1.I. The number of hydrogen-bond acceptors (Lipinski definition) is 1. The molecule has 0 aromatic carbocycles. The molecule has 2 atom stereocenters. The van der Waals surface area contributed by atoms with Crippen LogP contribution in [0.25, 0.3) is 0 Å². The third-order valence-electron chi connectivity index (χ3n) is 4.30. The summed E-state index contributed by atoms with van der Waals surface area (Å²) in [7, 11) is 1.91. The molecule has 1 aliphatic heterocycles. The molecule has 1 aliphatic carbocycles. The van der Waals surface area contributed by atoms with Gasteiger partial charge in [-0.2, -0.15) is 0 Å². The molecule has 0 spiro atoms. The molecule has 2 aliphatic rings. The molecule has 2 unspecified atom stereocenters. The first kappa shape index (κ1) is 16.1. The zero-order valence-electron chi connectivity index (χ0n) is 11.8. The highest BCUT2D eigenvalue weighted by atomic mass is 127. The minimum atomic E-state index is 0. The summed E-state index contributed by atoms with van der Waals surface area (Å²) in [6, 6.07) is 0. The van der Waals surface area contributed by atoms with E-state index in [1.165, 1.54) is 51.6 Å². The highest BCUT2D eigenvalue weighted by molar-refractivity contribution is 14.0. The van der Waals surface area contributed by atoms with Crippen LogP contribution in [0, 0.1) is 11.8 Å². The Bertz CT molecular complexity index is 254. The van der Waals surface area contributed by atoms with E-state index in [1.807, 2.05) is 7.05 Å². The van der Waals surface area contributed by atoms with Gasteiger partial charge in [0.05, 0.1) is 0 Å². The Balaban J connectivity index is 0.00000162. The van der Waals surface area contributed by atoms with Crippen molar-refractivity contribution in [2.24, 2.45) is 16.8 Å². The largest absolute Gasteiger partial charge is 0.356 e. The Morgan fingerprint density at radius 2 is 1.83 bits per heavy atom. The summed E-state index contributed by atoms with van der Waals surface area (Å²) in [6.07, 6.45) is 8.24. The lowest BCUT2D eigenvalue weighted by atomic mass is 9.82. The fourth-order valence-electron chi connectivity index (χ4n) is 3.29. The Morgan fingerprint density at radius 1 is 1.22 bits per heavy atom. The van der Waals surface area contributed by atoms with Gasteiger partial charge in [-0.15, -0.1) is 24.0 Å². The van der Waals surface area contributed by atoms with Gasteiger partial charge >= 0.3 is 0 Å². The Kier molecular flexibility index (Phi) is 7.34. The molecular weight excluding hydrogens is 337 g/mol. The molecule has 2 rings (SSSR count). The molecule has 1 N–H and O–H groups in total. The fraction of sp³-hybridized carbons (Fsp3) is 0.929. The fourth-order valence-corrected chi connectivity index (χ4v) is 3.29. The predicted octanol–water partition coefficient (Wildman–Crippen LogP) is 3.10. The number of unbranched alkanes of at least 4 members (excludes halogenated alkanes) is 1. The van der Waals surface area contributed by atoms with Gasteiger partial charge in [-0.1, -0.05) is 26.2 Å². The summed E-state index contributed by atoms with van der Waals surface area (Å²) in [5, 5.41) is 3.50. The maximum Gasteiger partial charge on any atom is 0.193 e. The molecule has 0 aromatic rings. The normalized spacial score (nSPS) is 27.7. The average molecular weight is 365 g/mol. The van der Waals surface area contributed by atoms with Crippen molar-refractivity contribution in [1.29, 1.82) is 0 Å². The van der Waals surface area contributed by atoms with Crippen LogP contribution in [0.4, 0.5) is 0 Å². The van der Waals surface area contributed by atoms with Crippen LogP contribution in [0.15, 0.2) is 4.99 Å². The van der Waals surface area contributed by atoms with Gasteiger partial charge in [0.25, 0.3) is 0 Å². The molecule has 0 radical (unpaired) electrons. The number of nitrogens with one attached hydrogen (secondary N) is 1. The lowest BCUT2D eigenvalue weighted by Crippen LogP contribution is -2.40. The second kappa shape index (κ2) is 8.23. The number of hydrogen-bond donors (Lipinski definition) is 1. The van der Waals surface area contributed by atoms with Crippen LogP contribution in [0.3, 0.4) is 0 Å². The van der Waals surface area contributed by atoms with E-state index in [0.29, 0.717) is 0 Å². The van der Waals surface area contributed by atoms with Crippen LogP contribution in [-0.4, -0.2) is 37.5 Å². The van der Waals surface area contributed by atoms with Gasteiger partial charge in [0.2, 0.25) is 0 Å². The van der Waals surface area contributed by atoms with Crippen molar-refractivity contribution in [3.63, 3.8) is 0 Å². The summed E-state index contributed by atoms with van der Waals surface area (Å²) in [5.74, 6) is 3.01. The first-order chi connectivity index (χ1) is 8.35. The summed E-state index contributed by atoms with van der Waals surface area (Å²) in [5.41, 5.74) is 0.